The van der Waals surface area contributed by atoms with Gasteiger partial charge in [-0.05, 0) is 37.5 Å². The molecule has 2 atom stereocenters. The predicted octanol–water partition coefficient (Wildman–Crippen LogP) is 2.53. The van der Waals surface area contributed by atoms with Crippen molar-refractivity contribution in [2.75, 3.05) is 6.61 Å². The Morgan fingerprint density at radius 1 is 1.33 bits per heavy atom. The Bertz CT molecular complexity index is 160. The lowest BCUT2D eigenvalue weighted by molar-refractivity contribution is 0.265. The van der Waals surface area contributed by atoms with Crippen LogP contribution in [-0.4, -0.2) is 11.7 Å². The minimum Gasteiger partial charge on any atom is -0.396 e. The molecular formula is C11H18O. The summed E-state index contributed by atoms with van der Waals surface area (Å²) in [5, 5.41) is 8.74. The van der Waals surface area contributed by atoms with E-state index in [1.807, 2.05) is 6.08 Å². The molecule has 0 saturated carbocycles. The van der Waals surface area contributed by atoms with Crippen LogP contribution in [-0.2, 0) is 0 Å². The van der Waals surface area contributed by atoms with E-state index in [9.17, 15) is 0 Å². The van der Waals surface area contributed by atoms with Crippen molar-refractivity contribution in [3.63, 3.8) is 0 Å². The first-order valence-corrected chi connectivity index (χ1v) is 4.77. The molecule has 0 amide bonds. The van der Waals surface area contributed by atoms with Crippen molar-refractivity contribution in [2.45, 2.75) is 25.7 Å². The molecule has 1 heteroatoms. The third-order valence-electron chi connectivity index (χ3n) is 2.50. The van der Waals surface area contributed by atoms with Crippen molar-refractivity contribution in [1.29, 1.82) is 0 Å². The third kappa shape index (κ3) is 2.82. The summed E-state index contributed by atoms with van der Waals surface area (Å²) in [6.07, 6.45) is 11.0. The van der Waals surface area contributed by atoms with Gasteiger partial charge in [-0.25, -0.2) is 0 Å². The SMILES string of the molecule is C=CCC[C@@H]1C=C[C@@H](CCO)C1. The number of aliphatic hydroxyl groups excluding tert-OH is 1. The van der Waals surface area contributed by atoms with Gasteiger partial charge in [-0.3, -0.25) is 0 Å². The minimum atomic E-state index is 0.323. The third-order valence-corrected chi connectivity index (χ3v) is 2.50. The molecule has 0 spiro atoms. The van der Waals surface area contributed by atoms with E-state index in [4.69, 9.17) is 5.11 Å². The van der Waals surface area contributed by atoms with Crippen LogP contribution < -0.4 is 0 Å². The van der Waals surface area contributed by atoms with E-state index >= 15 is 0 Å². The molecule has 0 unspecified atom stereocenters. The van der Waals surface area contributed by atoms with E-state index in [-0.39, 0.29) is 0 Å². The van der Waals surface area contributed by atoms with E-state index in [1.165, 1.54) is 12.8 Å². The van der Waals surface area contributed by atoms with Gasteiger partial charge in [0.05, 0.1) is 0 Å². The Kier molecular flexibility index (Phi) is 4.09. The van der Waals surface area contributed by atoms with Gasteiger partial charge in [0.15, 0.2) is 0 Å². The zero-order valence-electron chi connectivity index (χ0n) is 7.58. The quantitative estimate of drug-likeness (QED) is 0.622. The molecule has 0 fully saturated rings. The van der Waals surface area contributed by atoms with Gasteiger partial charge < -0.3 is 5.11 Å². The molecule has 0 aromatic heterocycles. The first-order valence-electron chi connectivity index (χ1n) is 4.77. The van der Waals surface area contributed by atoms with E-state index in [0.717, 1.165) is 18.8 Å². The van der Waals surface area contributed by atoms with Gasteiger partial charge in [0, 0.05) is 6.61 Å². The Hall–Kier alpha value is -0.560. The largest absolute Gasteiger partial charge is 0.396 e. The van der Waals surface area contributed by atoms with Crippen LogP contribution in [0.15, 0.2) is 24.8 Å². The van der Waals surface area contributed by atoms with Crippen molar-refractivity contribution in [2.24, 2.45) is 11.8 Å². The van der Waals surface area contributed by atoms with Gasteiger partial charge in [-0.1, -0.05) is 18.2 Å². The van der Waals surface area contributed by atoms with Gasteiger partial charge in [-0.15, -0.1) is 6.58 Å². The van der Waals surface area contributed by atoms with Gasteiger partial charge in [0.25, 0.3) is 0 Å². The Morgan fingerprint density at radius 3 is 2.58 bits per heavy atom. The maximum absolute atomic E-state index is 8.74. The van der Waals surface area contributed by atoms with E-state index in [0.29, 0.717) is 12.5 Å². The molecule has 0 aliphatic heterocycles. The highest BCUT2D eigenvalue weighted by Gasteiger charge is 2.17. The monoisotopic (exact) mass is 166 g/mol. The van der Waals surface area contributed by atoms with Gasteiger partial charge >= 0.3 is 0 Å². The zero-order valence-corrected chi connectivity index (χ0v) is 7.58. The molecule has 12 heavy (non-hydrogen) atoms. The molecule has 1 aliphatic carbocycles. The van der Waals surface area contributed by atoms with Crippen LogP contribution in [0.1, 0.15) is 25.7 Å². The summed E-state index contributed by atoms with van der Waals surface area (Å²) in [5.74, 6) is 1.37. The second kappa shape index (κ2) is 5.15. The summed E-state index contributed by atoms with van der Waals surface area (Å²) >= 11 is 0. The van der Waals surface area contributed by atoms with Gasteiger partial charge in [0.2, 0.25) is 0 Å². The molecule has 0 aromatic carbocycles. The minimum absolute atomic E-state index is 0.323. The van der Waals surface area contributed by atoms with Crippen molar-refractivity contribution in [1.82, 2.24) is 0 Å². The fraction of sp³-hybridized carbons (Fsp3) is 0.636. The normalized spacial score (nSPS) is 27.8. The highest BCUT2D eigenvalue weighted by Crippen LogP contribution is 2.28. The van der Waals surface area contributed by atoms with Crippen LogP contribution in [0.25, 0.3) is 0 Å². The fourth-order valence-corrected chi connectivity index (χ4v) is 1.79. The molecule has 0 heterocycles. The lowest BCUT2D eigenvalue weighted by Crippen LogP contribution is -2.00. The Morgan fingerprint density at radius 2 is 2.00 bits per heavy atom. The van der Waals surface area contributed by atoms with Crippen LogP contribution in [0.3, 0.4) is 0 Å². The smallest absolute Gasteiger partial charge is 0.0436 e. The second-order valence-electron chi connectivity index (χ2n) is 3.52. The zero-order chi connectivity index (χ0) is 8.81. The lowest BCUT2D eigenvalue weighted by atomic mass is 9.97. The standard InChI is InChI=1S/C11H18O/c1-2-3-4-10-5-6-11(9-10)7-8-12/h2,5-6,10-12H,1,3-4,7-9H2/t10-,11+/m1/s1. The average molecular weight is 166 g/mol. The van der Waals surface area contributed by atoms with Crippen LogP contribution >= 0.6 is 0 Å². The number of rotatable bonds is 5. The molecule has 68 valence electrons. The van der Waals surface area contributed by atoms with Crippen molar-refractivity contribution < 1.29 is 5.11 Å². The van der Waals surface area contributed by atoms with Crippen molar-refractivity contribution in [3.8, 4) is 0 Å². The molecule has 0 saturated heterocycles. The molecule has 0 radical (unpaired) electrons. The van der Waals surface area contributed by atoms with E-state index < -0.39 is 0 Å². The van der Waals surface area contributed by atoms with E-state index in [2.05, 4.69) is 18.7 Å². The summed E-state index contributed by atoms with van der Waals surface area (Å²) in [7, 11) is 0. The Balaban J connectivity index is 2.18. The average Bonchev–Trinajstić information content (AvgIpc) is 2.50. The first-order chi connectivity index (χ1) is 5.86. The number of allylic oxidation sites excluding steroid dienone is 3. The highest BCUT2D eigenvalue weighted by molar-refractivity contribution is 5.01. The van der Waals surface area contributed by atoms with Gasteiger partial charge in [0.1, 0.15) is 0 Å². The number of aliphatic hydroxyl groups is 1. The number of hydrogen-bond acceptors (Lipinski definition) is 1. The summed E-state index contributed by atoms with van der Waals surface area (Å²) in [6, 6.07) is 0. The molecule has 0 aromatic rings. The summed E-state index contributed by atoms with van der Waals surface area (Å²) in [4.78, 5) is 0. The first kappa shape index (κ1) is 9.53. The molecule has 1 nitrogen and oxygen atoms in total. The molecule has 1 N–H and O–H groups in total. The maximum atomic E-state index is 8.74. The van der Waals surface area contributed by atoms with Crippen LogP contribution in [0, 0.1) is 11.8 Å². The summed E-state index contributed by atoms with van der Waals surface area (Å²) < 4.78 is 0. The molecule has 1 aliphatic rings. The maximum Gasteiger partial charge on any atom is 0.0436 e. The topological polar surface area (TPSA) is 20.2 Å². The lowest BCUT2D eigenvalue weighted by Gasteiger charge is -2.09. The summed E-state index contributed by atoms with van der Waals surface area (Å²) in [5.41, 5.74) is 0. The van der Waals surface area contributed by atoms with Crippen LogP contribution in [0.4, 0.5) is 0 Å². The summed E-state index contributed by atoms with van der Waals surface area (Å²) in [6.45, 7) is 4.04. The van der Waals surface area contributed by atoms with Crippen molar-refractivity contribution in [3.05, 3.63) is 24.8 Å². The molecular weight excluding hydrogens is 148 g/mol. The van der Waals surface area contributed by atoms with Crippen LogP contribution in [0.5, 0.6) is 0 Å². The Labute approximate surface area is 74.8 Å². The van der Waals surface area contributed by atoms with E-state index in [1.54, 1.807) is 0 Å². The van der Waals surface area contributed by atoms with Crippen LogP contribution in [0.2, 0.25) is 0 Å². The predicted molar refractivity (Wildman–Crippen MR) is 51.9 cm³/mol. The number of hydrogen-bond donors (Lipinski definition) is 1. The molecule has 1 rings (SSSR count). The fourth-order valence-electron chi connectivity index (χ4n) is 1.79. The highest BCUT2D eigenvalue weighted by atomic mass is 16.3. The van der Waals surface area contributed by atoms with Gasteiger partial charge in [-0.2, -0.15) is 0 Å². The molecule has 0 bridgehead atoms. The van der Waals surface area contributed by atoms with Crippen molar-refractivity contribution >= 4 is 0 Å². The second-order valence-corrected chi connectivity index (χ2v) is 3.52.